The van der Waals surface area contributed by atoms with Crippen molar-refractivity contribution in [2.24, 2.45) is 0 Å². The van der Waals surface area contributed by atoms with Gasteiger partial charge in [0.25, 0.3) is 5.91 Å². The topological polar surface area (TPSA) is 75.4 Å². The van der Waals surface area contributed by atoms with E-state index in [9.17, 15) is 4.79 Å². The Labute approximate surface area is 137 Å². The lowest BCUT2D eigenvalue weighted by molar-refractivity contribution is 0.0942. The Hall–Kier alpha value is -2.32. The van der Waals surface area contributed by atoms with Crippen molar-refractivity contribution in [2.45, 2.75) is 13.0 Å². The Kier molecular flexibility index (Phi) is 4.35. The lowest BCUT2D eigenvalue weighted by Crippen LogP contribution is -2.34. The molecule has 3 aromatic heterocycles. The molecule has 0 fully saturated rings. The highest BCUT2D eigenvalue weighted by molar-refractivity contribution is 7.10. The fraction of sp³-hybridized carbons (Fsp3) is 0.333. The molecule has 0 saturated carbocycles. The summed E-state index contributed by atoms with van der Waals surface area (Å²) in [6.07, 6.45) is 1.68. The van der Waals surface area contributed by atoms with Crippen LogP contribution in [0.1, 0.15) is 26.8 Å². The number of nitrogens with one attached hydrogen (secondary N) is 1. The van der Waals surface area contributed by atoms with Crippen LogP contribution < -0.4 is 5.32 Å². The molecule has 23 heavy (non-hydrogen) atoms. The molecule has 0 radical (unpaired) electrons. The molecule has 0 aliphatic rings. The number of carbonyl (C=O) groups is 1. The molecule has 3 rings (SSSR count). The molecular weight excluding hydrogens is 312 g/mol. The maximum Gasteiger partial charge on any atom is 0.251 e. The maximum atomic E-state index is 12.4. The number of aromatic nitrogens is 4. The van der Waals surface area contributed by atoms with Gasteiger partial charge in [0.2, 0.25) is 0 Å². The zero-order valence-corrected chi connectivity index (χ0v) is 14.0. The van der Waals surface area contributed by atoms with Gasteiger partial charge in [-0.05, 0) is 60.6 Å². The average Bonchev–Trinajstić information content (AvgIpc) is 3.15. The molecule has 0 spiro atoms. The number of pyridine rings is 1. The van der Waals surface area contributed by atoms with Crippen LogP contribution in [0.5, 0.6) is 0 Å². The van der Waals surface area contributed by atoms with Crippen molar-refractivity contribution in [3.8, 4) is 0 Å². The van der Waals surface area contributed by atoms with Crippen LogP contribution in [0.3, 0.4) is 0 Å². The second kappa shape index (κ2) is 6.43. The zero-order chi connectivity index (χ0) is 16.4. The Balaban J connectivity index is 1.72. The molecule has 3 aromatic rings. The normalized spacial score (nSPS) is 12.7. The van der Waals surface area contributed by atoms with E-state index in [2.05, 4.69) is 44.1 Å². The third-order valence-corrected chi connectivity index (χ3v) is 4.86. The largest absolute Gasteiger partial charge is 0.350 e. The summed E-state index contributed by atoms with van der Waals surface area (Å²) in [5, 5.41) is 16.3. The van der Waals surface area contributed by atoms with Crippen LogP contribution in [0.25, 0.3) is 5.65 Å². The molecule has 7 nitrogen and oxygen atoms in total. The van der Waals surface area contributed by atoms with Crippen LogP contribution >= 0.6 is 11.3 Å². The van der Waals surface area contributed by atoms with E-state index in [4.69, 9.17) is 0 Å². The van der Waals surface area contributed by atoms with Gasteiger partial charge in [0.1, 0.15) is 0 Å². The van der Waals surface area contributed by atoms with Crippen molar-refractivity contribution < 1.29 is 4.79 Å². The average molecular weight is 330 g/mol. The van der Waals surface area contributed by atoms with Crippen molar-refractivity contribution in [2.75, 3.05) is 20.6 Å². The number of nitrogens with zero attached hydrogens (tertiary/aromatic N) is 5. The molecule has 1 amide bonds. The number of aryl methyl sites for hydroxylation is 1. The van der Waals surface area contributed by atoms with E-state index >= 15 is 0 Å². The number of amides is 1. The third kappa shape index (κ3) is 3.22. The van der Waals surface area contributed by atoms with Crippen LogP contribution in [0.4, 0.5) is 0 Å². The van der Waals surface area contributed by atoms with E-state index < -0.39 is 0 Å². The molecule has 1 N–H and O–H groups in total. The smallest absolute Gasteiger partial charge is 0.251 e. The first-order chi connectivity index (χ1) is 11.1. The Morgan fingerprint density at radius 1 is 1.43 bits per heavy atom. The third-order valence-electron chi connectivity index (χ3n) is 3.74. The van der Waals surface area contributed by atoms with E-state index in [1.165, 1.54) is 15.0 Å². The number of hydrogen-bond acceptors (Lipinski definition) is 6. The summed E-state index contributed by atoms with van der Waals surface area (Å²) in [7, 11) is 4.04. The van der Waals surface area contributed by atoms with E-state index in [-0.39, 0.29) is 11.9 Å². The summed E-state index contributed by atoms with van der Waals surface area (Å²) in [6, 6.07) is 5.64. The molecule has 8 heteroatoms. The molecule has 1 atom stereocenters. The number of tetrazole rings is 1. The first-order valence-corrected chi connectivity index (χ1v) is 8.10. The van der Waals surface area contributed by atoms with Crippen molar-refractivity contribution >= 4 is 22.9 Å². The minimum absolute atomic E-state index is 0.128. The predicted octanol–water partition coefficient (Wildman–Crippen LogP) is 1.53. The minimum atomic E-state index is -0.128. The van der Waals surface area contributed by atoms with E-state index in [0.717, 1.165) is 0 Å². The summed E-state index contributed by atoms with van der Waals surface area (Å²) in [5.41, 5.74) is 2.35. The summed E-state index contributed by atoms with van der Waals surface area (Å²) in [5.74, 6) is -0.128. The predicted molar refractivity (Wildman–Crippen MR) is 88.6 cm³/mol. The first kappa shape index (κ1) is 15.6. The Bertz CT molecular complexity index is 824. The molecule has 0 aliphatic carbocycles. The molecule has 1 unspecified atom stereocenters. The van der Waals surface area contributed by atoms with Crippen molar-refractivity contribution in [1.29, 1.82) is 0 Å². The van der Waals surface area contributed by atoms with Crippen LogP contribution in [-0.4, -0.2) is 51.5 Å². The number of thiophene rings is 1. The highest BCUT2D eigenvalue weighted by atomic mass is 32.1. The summed E-state index contributed by atoms with van der Waals surface area (Å²) >= 11 is 1.71. The van der Waals surface area contributed by atoms with Gasteiger partial charge in [0.15, 0.2) is 5.65 Å². The number of hydrogen-bond donors (Lipinski definition) is 1. The summed E-state index contributed by atoms with van der Waals surface area (Å²) in [6.45, 7) is 2.64. The van der Waals surface area contributed by atoms with Gasteiger partial charge < -0.3 is 10.2 Å². The van der Waals surface area contributed by atoms with Gasteiger partial charge in [-0.2, -0.15) is 0 Å². The molecule has 0 bridgehead atoms. The Morgan fingerprint density at radius 3 is 2.96 bits per heavy atom. The second-order valence-electron chi connectivity index (χ2n) is 5.55. The molecular formula is C15H18N6OS. The van der Waals surface area contributed by atoms with E-state index in [0.29, 0.717) is 17.8 Å². The monoisotopic (exact) mass is 330 g/mol. The van der Waals surface area contributed by atoms with Crippen LogP contribution in [0.15, 0.2) is 29.8 Å². The van der Waals surface area contributed by atoms with Gasteiger partial charge in [0.05, 0.1) is 6.04 Å². The fourth-order valence-electron chi connectivity index (χ4n) is 2.41. The van der Waals surface area contributed by atoms with Gasteiger partial charge in [-0.1, -0.05) is 0 Å². The molecule has 0 aromatic carbocycles. The van der Waals surface area contributed by atoms with Crippen molar-refractivity contribution in [3.05, 3.63) is 45.8 Å². The number of carbonyl (C=O) groups excluding carboxylic acids is 1. The number of fused-ring (bicyclic) bond motifs is 1. The van der Waals surface area contributed by atoms with Crippen LogP contribution in [0.2, 0.25) is 0 Å². The van der Waals surface area contributed by atoms with Crippen LogP contribution in [-0.2, 0) is 0 Å². The van der Waals surface area contributed by atoms with Gasteiger partial charge in [-0.15, -0.1) is 16.4 Å². The lowest BCUT2D eigenvalue weighted by Gasteiger charge is -2.24. The number of rotatable bonds is 5. The van der Waals surface area contributed by atoms with Crippen molar-refractivity contribution in [1.82, 2.24) is 30.3 Å². The SMILES string of the molecule is Cc1ccsc1C(CNC(=O)c1ccn2nnnc2c1)N(C)C. The van der Waals surface area contributed by atoms with Gasteiger partial charge >= 0.3 is 0 Å². The van der Waals surface area contributed by atoms with Gasteiger partial charge in [-0.25, -0.2) is 4.52 Å². The fourth-order valence-corrected chi connectivity index (χ4v) is 3.53. The second-order valence-corrected chi connectivity index (χ2v) is 6.50. The summed E-state index contributed by atoms with van der Waals surface area (Å²) < 4.78 is 1.52. The minimum Gasteiger partial charge on any atom is -0.350 e. The molecule has 0 saturated heterocycles. The van der Waals surface area contributed by atoms with Gasteiger partial charge in [0, 0.05) is 23.2 Å². The molecule has 0 aliphatic heterocycles. The summed E-state index contributed by atoms with van der Waals surface area (Å²) in [4.78, 5) is 15.8. The van der Waals surface area contributed by atoms with Crippen molar-refractivity contribution in [3.63, 3.8) is 0 Å². The van der Waals surface area contributed by atoms with E-state index in [1.54, 1.807) is 29.7 Å². The van der Waals surface area contributed by atoms with Gasteiger partial charge in [-0.3, -0.25) is 4.79 Å². The number of likely N-dealkylation sites (N-methyl/N-ethyl adjacent to an activating group) is 1. The maximum absolute atomic E-state index is 12.4. The lowest BCUT2D eigenvalue weighted by atomic mass is 10.1. The Morgan fingerprint density at radius 2 is 2.26 bits per heavy atom. The highest BCUT2D eigenvalue weighted by Crippen LogP contribution is 2.26. The highest BCUT2D eigenvalue weighted by Gasteiger charge is 2.19. The quantitative estimate of drug-likeness (QED) is 0.768. The zero-order valence-electron chi connectivity index (χ0n) is 13.2. The molecule has 3 heterocycles. The standard InChI is InChI=1S/C15H18N6OS/c1-10-5-7-23-14(10)12(20(2)3)9-16-15(22)11-4-6-21-13(8-11)17-18-19-21/h4-8,12H,9H2,1-3H3,(H,16,22). The molecule has 120 valence electrons. The first-order valence-electron chi connectivity index (χ1n) is 7.22. The van der Waals surface area contributed by atoms with Crippen LogP contribution in [0, 0.1) is 6.92 Å². The van der Waals surface area contributed by atoms with E-state index in [1.807, 2.05) is 14.1 Å².